The van der Waals surface area contributed by atoms with E-state index in [-0.39, 0.29) is 23.7 Å². The topological polar surface area (TPSA) is 63.4 Å². The summed E-state index contributed by atoms with van der Waals surface area (Å²) in [6.45, 7) is 2.33. The van der Waals surface area contributed by atoms with Crippen LogP contribution in [-0.2, 0) is 9.84 Å². The highest BCUT2D eigenvalue weighted by molar-refractivity contribution is 7.90. The first kappa shape index (κ1) is 17.1. The molecule has 2 atom stereocenters. The number of sulfone groups is 1. The molecule has 0 amide bonds. The van der Waals surface area contributed by atoms with Crippen LogP contribution in [0.4, 0.5) is 4.39 Å². The van der Waals surface area contributed by atoms with Crippen molar-refractivity contribution in [3.8, 4) is 0 Å². The van der Waals surface area contributed by atoms with Crippen molar-refractivity contribution < 1.29 is 12.8 Å². The molecule has 0 aliphatic carbocycles. The van der Waals surface area contributed by atoms with Crippen molar-refractivity contribution in [2.24, 2.45) is 5.73 Å². The molecule has 20 heavy (non-hydrogen) atoms. The van der Waals surface area contributed by atoms with Crippen LogP contribution >= 0.6 is 0 Å². The summed E-state index contributed by atoms with van der Waals surface area (Å²) in [5, 5.41) is 0. The first-order valence-corrected chi connectivity index (χ1v) is 8.69. The summed E-state index contributed by atoms with van der Waals surface area (Å²) in [4.78, 5) is 1.88. The third kappa shape index (κ3) is 5.19. The van der Waals surface area contributed by atoms with E-state index in [1.54, 1.807) is 6.07 Å². The van der Waals surface area contributed by atoms with Gasteiger partial charge in [0.15, 0.2) is 0 Å². The zero-order chi connectivity index (χ0) is 15.3. The second-order valence-corrected chi connectivity index (χ2v) is 7.44. The lowest BCUT2D eigenvalue weighted by Gasteiger charge is -2.32. The third-order valence-corrected chi connectivity index (χ3v) is 4.28. The van der Waals surface area contributed by atoms with Crippen molar-refractivity contribution >= 4 is 9.84 Å². The Morgan fingerprint density at radius 3 is 2.55 bits per heavy atom. The highest BCUT2D eigenvalue weighted by Gasteiger charge is 2.24. The maximum absolute atomic E-state index is 13.4. The average molecular weight is 302 g/mol. The molecule has 0 spiro atoms. The molecule has 0 aliphatic heterocycles. The van der Waals surface area contributed by atoms with Crippen LogP contribution in [0.15, 0.2) is 24.3 Å². The van der Waals surface area contributed by atoms with E-state index in [2.05, 4.69) is 0 Å². The SMILES string of the molecule is CCC(N)C(c1cccc(F)c1)N(C)CCS(C)(=O)=O. The fraction of sp³-hybridized carbons (Fsp3) is 0.571. The summed E-state index contributed by atoms with van der Waals surface area (Å²) in [6.07, 6.45) is 1.93. The highest BCUT2D eigenvalue weighted by atomic mass is 32.2. The molecule has 1 aromatic rings. The fourth-order valence-corrected chi connectivity index (χ4v) is 2.81. The Hall–Kier alpha value is -0.980. The summed E-state index contributed by atoms with van der Waals surface area (Å²) in [6, 6.07) is 5.93. The molecule has 0 bridgehead atoms. The Balaban J connectivity index is 2.95. The largest absolute Gasteiger partial charge is 0.326 e. The Morgan fingerprint density at radius 2 is 2.05 bits per heavy atom. The van der Waals surface area contributed by atoms with Gasteiger partial charge in [0.25, 0.3) is 0 Å². The van der Waals surface area contributed by atoms with Gasteiger partial charge >= 0.3 is 0 Å². The van der Waals surface area contributed by atoms with E-state index in [0.717, 1.165) is 12.0 Å². The molecule has 4 nitrogen and oxygen atoms in total. The molecule has 0 saturated heterocycles. The molecule has 0 aliphatic rings. The van der Waals surface area contributed by atoms with Crippen molar-refractivity contribution in [2.45, 2.75) is 25.4 Å². The Morgan fingerprint density at radius 1 is 1.40 bits per heavy atom. The van der Waals surface area contributed by atoms with Crippen LogP contribution in [0.25, 0.3) is 0 Å². The smallest absolute Gasteiger partial charge is 0.148 e. The van der Waals surface area contributed by atoms with Gasteiger partial charge in [-0.3, -0.25) is 4.90 Å². The summed E-state index contributed by atoms with van der Waals surface area (Å²) in [5.74, 6) is -0.251. The molecular formula is C14H23FN2O2S. The first-order valence-electron chi connectivity index (χ1n) is 6.63. The number of benzene rings is 1. The van der Waals surface area contributed by atoms with Crippen LogP contribution in [-0.4, -0.2) is 45.0 Å². The minimum absolute atomic E-state index is 0.0613. The lowest BCUT2D eigenvalue weighted by molar-refractivity contribution is 0.220. The zero-order valence-electron chi connectivity index (χ0n) is 12.2. The second kappa shape index (κ2) is 7.15. The average Bonchev–Trinajstić information content (AvgIpc) is 2.35. The van der Waals surface area contributed by atoms with Gasteiger partial charge in [0.1, 0.15) is 15.7 Å². The van der Waals surface area contributed by atoms with Crippen LogP contribution in [0, 0.1) is 5.82 Å². The van der Waals surface area contributed by atoms with Crippen molar-refractivity contribution in [3.05, 3.63) is 35.6 Å². The molecule has 0 radical (unpaired) electrons. The van der Waals surface area contributed by atoms with E-state index in [1.165, 1.54) is 18.4 Å². The van der Waals surface area contributed by atoms with E-state index in [1.807, 2.05) is 24.9 Å². The van der Waals surface area contributed by atoms with Crippen LogP contribution in [0.3, 0.4) is 0 Å². The van der Waals surface area contributed by atoms with E-state index in [0.29, 0.717) is 6.54 Å². The van der Waals surface area contributed by atoms with E-state index >= 15 is 0 Å². The van der Waals surface area contributed by atoms with Crippen molar-refractivity contribution in [1.29, 1.82) is 0 Å². The van der Waals surface area contributed by atoms with Gasteiger partial charge in [-0.2, -0.15) is 0 Å². The van der Waals surface area contributed by atoms with Crippen LogP contribution in [0.2, 0.25) is 0 Å². The van der Waals surface area contributed by atoms with E-state index in [4.69, 9.17) is 5.73 Å². The number of hydrogen-bond donors (Lipinski definition) is 1. The highest BCUT2D eigenvalue weighted by Crippen LogP contribution is 2.24. The Bertz CT molecular complexity index is 534. The molecule has 1 aromatic carbocycles. The molecule has 1 rings (SSSR count). The second-order valence-electron chi connectivity index (χ2n) is 5.18. The molecule has 0 fully saturated rings. The lowest BCUT2D eigenvalue weighted by Crippen LogP contribution is -2.40. The summed E-state index contributed by atoms with van der Waals surface area (Å²) >= 11 is 0. The van der Waals surface area contributed by atoms with Gasteiger partial charge in [-0.05, 0) is 31.2 Å². The molecule has 0 heterocycles. The number of rotatable bonds is 7. The summed E-state index contributed by atoms with van der Waals surface area (Å²) in [5.41, 5.74) is 6.90. The van der Waals surface area contributed by atoms with Crippen LogP contribution in [0.5, 0.6) is 0 Å². The monoisotopic (exact) mass is 302 g/mol. The van der Waals surface area contributed by atoms with Gasteiger partial charge in [-0.1, -0.05) is 19.1 Å². The van der Waals surface area contributed by atoms with E-state index < -0.39 is 9.84 Å². The molecule has 2 N–H and O–H groups in total. The number of hydrogen-bond acceptors (Lipinski definition) is 4. The van der Waals surface area contributed by atoms with Crippen molar-refractivity contribution in [1.82, 2.24) is 4.90 Å². The van der Waals surface area contributed by atoms with Crippen molar-refractivity contribution in [3.63, 3.8) is 0 Å². The van der Waals surface area contributed by atoms with Gasteiger partial charge in [-0.25, -0.2) is 12.8 Å². The maximum atomic E-state index is 13.4. The minimum atomic E-state index is -3.03. The predicted molar refractivity (Wildman–Crippen MR) is 79.7 cm³/mol. The van der Waals surface area contributed by atoms with Crippen LogP contribution in [0.1, 0.15) is 24.9 Å². The quantitative estimate of drug-likeness (QED) is 0.830. The van der Waals surface area contributed by atoms with Gasteiger partial charge in [0, 0.05) is 24.9 Å². The van der Waals surface area contributed by atoms with Gasteiger partial charge in [0.05, 0.1) is 5.75 Å². The lowest BCUT2D eigenvalue weighted by atomic mass is 9.96. The maximum Gasteiger partial charge on any atom is 0.148 e. The summed E-state index contributed by atoms with van der Waals surface area (Å²) < 4.78 is 35.9. The normalized spacial score (nSPS) is 15.3. The van der Waals surface area contributed by atoms with Gasteiger partial charge in [0.2, 0.25) is 0 Å². The number of nitrogens with zero attached hydrogens (tertiary/aromatic N) is 1. The Labute approximate surface area is 120 Å². The molecule has 6 heteroatoms. The fourth-order valence-electron chi connectivity index (χ4n) is 2.19. The number of halogens is 1. The minimum Gasteiger partial charge on any atom is -0.326 e. The van der Waals surface area contributed by atoms with Gasteiger partial charge < -0.3 is 5.73 Å². The molecule has 0 aromatic heterocycles. The van der Waals surface area contributed by atoms with Crippen LogP contribution < -0.4 is 5.73 Å². The molecule has 2 unspecified atom stereocenters. The number of nitrogens with two attached hydrogens (primary N) is 1. The molecular weight excluding hydrogens is 279 g/mol. The Kier molecular flexibility index (Phi) is 6.10. The predicted octanol–water partition coefficient (Wildman–Crippen LogP) is 1.58. The first-order chi connectivity index (χ1) is 9.24. The van der Waals surface area contributed by atoms with E-state index in [9.17, 15) is 12.8 Å². The molecule has 114 valence electrons. The third-order valence-electron chi connectivity index (χ3n) is 3.36. The number of likely N-dealkylation sites (N-methyl/N-ethyl adjacent to an activating group) is 1. The molecule has 0 saturated carbocycles. The van der Waals surface area contributed by atoms with Crippen molar-refractivity contribution in [2.75, 3.05) is 25.6 Å². The zero-order valence-corrected chi connectivity index (χ0v) is 13.0. The summed E-state index contributed by atoms with van der Waals surface area (Å²) in [7, 11) is -1.22. The van der Waals surface area contributed by atoms with Gasteiger partial charge in [-0.15, -0.1) is 0 Å². The standard InChI is InChI=1S/C14H23FN2O2S/c1-4-13(16)14(11-6-5-7-12(15)10-11)17(2)8-9-20(3,18)19/h5-7,10,13-14H,4,8-9,16H2,1-3H3.